The molecule has 1 aromatic heterocycles. The zero-order valence-electron chi connectivity index (χ0n) is 14.8. The minimum atomic E-state index is -0.350. The summed E-state index contributed by atoms with van der Waals surface area (Å²) in [6.45, 7) is 0. The van der Waals surface area contributed by atoms with E-state index in [4.69, 9.17) is 0 Å². The summed E-state index contributed by atoms with van der Waals surface area (Å²) in [4.78, 5) is 21.8. The van der Waals surface area contributed by atoms with Crippen LogP contribution < -0.4 is 5.32 Å². The molecule has 5 heteroatoms. The number of aromatic nitrogens is 2. The Bertz CT molecular complexity index is 1040. The van der Waals surface area contributed by atoms with Crippen molar-refractivity contribution < 1.29 is 4.79 Å². The number of halogens is 1. The van der Waals surface area contributed by atoms with Crippen LogP contribution >= 0.6 is 15.9 Å². The Morgan fingerprint density at radius 3 is 1.71 bits per heavy atom. The van der Waals surface area contributed by atoms with Crippen LogP contribution in [-0.2, 0) is 0 Å². The lowest BCUT2D eigenvalue weighted by Crippen LogP contribution is -2.16. The molecule has 0 spiro atoms. The Morgan fingerprint density at radius 2 is 1.21 bits per heavy atom. The van der Waals surface area contributed by atoms with Gasteiger partial charge < -0.3 is 5.32 Å². The zero-order chi connectivity index (χ0) is 19.3. The van der Waals surface area contributed by atoms with E-state index in [1.807, 2.05) is 91.0 Å². The average molecular weight is 430 g/mol. The Balaban J connectivity index is 1.75. The van der Waals surface area contributed by atoms with Crippen molar-refractivity contribution in [3.05, 3.63) is 101 Å². The number of amides is 1. The summed E-state index contributed by atoms with van der Waals surface area (Å²) >= 11 is 3.39. The fourth-order valence-corrected chi connectivity index (χ4v) is 3.05. The number of anilines is 1. The van der Waals surface area contributed by atoms with Crippen LogP contribution in [0.3, 0.4) is 0 Å². The summed E-state index contributed by atoms with van der Waals surface area (Å²) in [5, 5.41) is 2.86. The van der Waals surface area contributed by atoms with Crippen LogP contribution in [0.5, 0.6) is 0 Å². The summed E-state index contributed by atoms with van der Waals surface area (Å²) < 4.78 is 0.944. The van der Waals surface area contributed by atoms with E-state index in [0.717, 1.165) is 15.6 Å². The lowest BCUT2D eigenvalue weighted by Gasteiger charge is -2.09. The van der Waals surface area contributed by atoms with Gasteiger partial charge in [-0.1, -0.05) is 76.6 Å². The van der Waals surface area contributed by atoms with Crippen molar-refractivity contribution in [2.45, 2.75) is 0 Å². The Kier molecular flexibility index (Phi) is 5.26. The van der Waals surface area contributed by atoms with Crippen LogP contribution in [0.2, 0.25) is 0 Å². The van der Waals surface area contributed by atoms with Crippen molar-refractivity contribution in [3.63, 3.8) is 0 Å². The first kappa shape index (κ1) is 18.1. The summed E-state index contributed by atoms with van der Waals surface area (Å²) in [6.07, 6.45) is 0. The van der Waals surface area contributed by atoms with Gasteiger partial charge in [0.15, 0.2) is 0 Å². The number of nitrogens with zero attached hydrogens (tertiary/aromatic N) is 2. The minimum absolute atomic E-state index is 0.128. The maximum Gasteiger partial charge on any atom is 0.293 e. The summed E-state index contributed by atoms with van der Waals surface area (Å²) in [5.74, 6) is -0.222. The second-order valence-corrected chi connectivity index (χ2v) is 7.07. The molecule has 0 saturated heterocycles. The van der Waals surface area contributed by atoms with E-state index in [1.54, 1.807) is 0 Å². The second-order valence-electron chi connectivity index (χ2n) is 6.16. The molecule has 28 heavy (non-hydrogen) atoms. The number of nitrogens with one attached hydrogen (secondary N) is 1. The average Bonchev–Trinajstić information content (AvgIpc) is 2.76. The molecule has 0 unspecified atom stereocenters. The first-order chi connectivity index (χ1) is 13.7. The van der Waals surface area contributed by atoms with Crippen molar-refractivity contribution in [2.24, 2.45) is 0 Å². The fraction of sp³-hybridized carbons (Fsp3) is 0. The van der Waals surface area contributed by atoms with E-state index in [2.05, 4.69) is 31.2 Å². The van der Waals surface area contributed by atoms with Gasteiger partial charge in [0, 0.05) is 21.3 Å². The van der Waals surface area contributed by atoms with Gasteiger partial charge in [-0.05, 0) is 30.3 Å². The van der Waals surface area contributed by atoms with E-state index in [0.29, 0.717) is 17.1 Å². The third-order valence-electron chi connectivity index (χ3n) is 4.17. The molecule has 0 radical (unpaired) electrons. The largest absolute Gasteiger partial charge is 0.319 e. The number of carbonyl (C=O) groups is 1. The van der Waals surface area contributed by atoms with Crippen LogP contribution in [-0.4, -0.2) is 15.9 Å². The number of benzene rings is 3. The maximum atomic E-state index is 12.8. The van der Waals surface area contributed by atoms with Gasteiger partial charge >= 0.3 is 0 Å². The molecule has 0 aliphatic heterocycles. The monoisotopic (exact) mass is 429 g/mol. The van der Waals surface area contributed by atoms with Crippen molar-refractivity contribution in [1.29, 1.82) is 0 Å². The molecule has 3 aromatic carbocycles. The predicted octanol–water partition coefficient (Wildman–Crippen LogP) is 5.83. The van der Waals surface area contributed by atoms with E-state index < -0.39 is 0 Å². The number of carbonyl (C=O) groups excluding carboxylic acids is 1. The number of hydrogen-bond acceptors (Lipinski definition) is 3. The van der Waals surface area contributed by atoms with Crippen molar-refractivity contribution in [2.75, 3.05) is 5.32 Å². The van der Waals surface area contributed by atoms with Gasteiger partial charge in [0.05, 0.1) is 11.4 Å². The number of rotatable bonds is 4. The lowest BCUT2D eigenvalue weighted by atomic mass is 10.1. The topological polar surface area (TPSA) is 54.9 Å². The standard InChI is InChI=1S/C23H16BrN3O/c24-18-11-13-19(14-12-18)25-23(28)22-26-20(16-7-3-1-4-8-16)15-21(27-22)17-9-5-2-6-10-17/h1-15H,(H,25,28). The highest BCUT2D eigenvalue weighted by Crippen LogP contribution is 2.24. The third-order valence-corrected chi connectivity index (χ3v) is 4.70. The van der Waals surface area contributed by atoms with Crippen LogP contribution in [0.15, 0.2) is 95.5 Å². The fourth-order valence-electron chi connectivity index (χ4n) is 2.78. The van der Waals surface area contributed by atoms with Gasteiger partial charge in [-0.3, -0.25) is 4.79 Å². The maximum absolute atomic E-state index is 12.8. The molecule has 1 N–H and O–H groups in total. The van der Waals surface area contributed by atoms with Gasteiger partial charge in [0.2, 0.25) is 5.82 Å². The van der Waals surface area contributed by atoms with E-state index in [-0.39, 0.29) is 11.7 Å². The van der Waals surface area contributed by atoms with Crippen LogP contribution in [0.1, 0.15) is 10.6 Å². The molecule has 4 aromatic rings. The van der Waals surface area contributed by atoms with Gasteiger partial charge in [0.25, 0.3) is 5.91 Å². The van der Waals surface area contributed by atoms with E-state index >= 15 is 0 Å². The molecule has 1 amide bonds. The first-order valence-electron chi connectivity index (χ1n) is 8.76. The van der Waals surface area contributed by atoms with E-state index in [9.17, 15) is 4.79 Å². The quantitative estimate of drug-likeness (QED) is 0.444. The van der Waals surface area contributed by atoms with Crippen LogP contribution in [0.4, 0.5) is 5.69 Å². The molecule has 0 saturated carbocycles. The highest BCUT2D eigenvalue weighted by Gasteiger charge is 2.15. The summed E-state index contributed by atoms with van der Waals surface area (Å²) in [6, 6.07) is 28.8. The van der Waals surface area contributed by atoms with Crippen molar-refractivity contribution in [1.82, 2.24) is 9.97 Å². The highest BCUT2D eigenvalue weighted by atomic mass is 79.9. The number of hydrogen-bond donors (Lipinski definition) is 1. The third kappa shape index (κ3) is 4.15. The first-order valence-corrected chi connectivity index (χ1v) is 9.55. The summed E-state index contributed by atoms with van der Waals surface area (Å²) in [7, 11) is 0. The SMILES string of the molecule is O=C(Nc1ccc(Br)cc1)c1nc(-c2ccccc2)cc(-c2ccccc2)n1. The molecular weight excluding hydrogens is 414 g/mol. The second kappa shape index (κ2) is 8.15. The van der Waals surface area contributed by atoms with Gasteiger partial charge in [-0.15, -0.1) is 0 Å². The van der Waals surface area contributed by atoms with Crippen molar-refractivity contribution in [3.8, 4) is 22.5 Å². The molecule has 1 heterocycles. The highest BCUT2D eigenvalue weighted by molar-refractivity contribution is 9.10. The normalized spacial score (nSPS) is 10.5. The Labute approximate surface area is 171 Å². The van der Waals surface area contributed by atoms with E-state index in [1.165, 1.54) is 0 Å². The lowest BCUT2D eigenvalue weighted by molar-refractivity contribution is 0.101. The smallest absolute Gasteiger partial charge is 0.293 e. The molecule has 4 rings (SSSR count). The molecule has 0 fully saturated rings. The van der Waals surface area contributed by atoms with Gasteiger partial charge in [0.1, 0.15) is 0 Å². The molecule has 0 bridgehead atoms. The van der Waals surface area contributed by atoms with Crippen LogP contribution in [0.25, 0.3) is 22.5 Å². The minimum Gasteiger partial charge on any atom is -0.319 e. The van der Waals surface area contributed by atoms with Gasteiger partial charge in [-0.2, -0.15) is 0 Å². The molecular formula is C23H16BrN3O. The Hall–Kier alpha value is -3.31. The molecule has 4 nitrogen and oxygen atoms in total. The Morgan fingerprint density at radius 1 is 0.714 bits per heavy atom. The molecule has 136 valence electrons. The van der Waals surface area contributed by atoms with Gasteiger partial charge in [-0.25, -0.2) is 9.97 Å². The van der Waals surface area contributed by atoms with Crippen molar-refractivity contribution >= 4 is 27.5 Å². The van der Waals surface area contributed by atoms with Crippen LogP contribution in [0, 0.1) is 0 Å². The molecule has 0 aliphatic carbocycles. The molecule has 0 atom stereocenters. The summed E-state index contributed by atoms with van der Waals surface area (Å²) in [5.41, 5.74) is 3.95. The molecule has 0 aliphatic rings. The predicted molar refractivity (Wildman–Crippen MR) is 115 cm³/mol. The zero-order valence-corrected chi connectivity index (χ0v) is 16.4.